The van der Waals surface area contributed by atoms with Crippen molar-refractivity contribution in [2.24, 2.45) is 0 Å². The van der Waals surface area contributed by atoms with Crippen LogP contribution in [0.3, 0.4) is 0 Å². The van der Waals surface area contributed by atoms with Gasteiger partial charge in [-0.1, -0.05) is 37.3 Å². The SMILES string of the molecule is CN(CCOc1ccc(Cl)cc1)C(=O)CN1C(=O)NC2(CCCCCC2)C1=O. The van der Waals surface area contributed by atoms with Gasteiger partial charge in [-0.3, -0.25) is 14.5 Å². The molecule has 1 saturated heterocycles. The van der Waals surface area contributed by atoms with E-state index in [-0.39, 0.29) is 18.4 Å². The Bertz CT molecular complexity index is 729. The third kappa shape index (κ3) is 4.58. The van der Waals surface area contributed by atoms with Crippen LogP contribution in [0, 0.1) is 0 Å². The molecular weight excluding hydrogens is 382 g/mol. The number of likely N-dealkylation sites (N-methyl/N-ethyl adjacent to an activating group) is 1. The highest BCUT2D eigenvalue weighted by Crippen LogP contribution is 2.32. The van der Waals surface area contributed by atoms with Crippen molar-refractivity contribution >= 4 is 29.4 Å². The predicted octanol–water partition coefficient (Wildman–Crippen LogP) is 2.82. The molecule has 8 heteroatoms. The Morgan fingerprint density at radius 1 is 1.18 bits per heavy atom. The molecule has 1 spiro atoms. The maximum atomic E-state index is 12.9. The number of carbonyl (C=O) groups excluding carboxylic acids is 3. The molecule has 1 aromatic carbocycles. The van der Waals surface area contributed by atoms with Crippen molar-refractivity contribution in [1.82, 2.24) is 15.1 Å². The summed E-state index contributed by atoms with van der Waals surface area (Å²) >= 11 is 5.83. The number of carbonyl (C=O) groups is 3. The molecule has 1 saturated carbocycles. The van der Waals surface area contributed by atoms with E-state index >= 15 is 0 Å². The minimum atomic E-state index is -0.815. The quantitative estimate of drug-likeness (QED) is 0.735. The Morgan fingerprint density at radius 2 is 1.82 bits per heavy atom. The van der Waals surface area contributed by atoms with Crippen molar-refractivity contribution < 1.29 is 19.1 Å². The molecule has 2 aliphatic rings. The van der Waals surface area contributed by atoms with Crippen LogP contribution >= 0.6 is 11.6 Å². The largest absolute Gasteiger partial charge is 0.492 e. The summed E-state index contributed by atoms with van der Waals surface area (Å²) in [5, 5.41) is 3.48. The molecule has 2 fully saturated rings. The predicted molar refractivity (Wildman–Crippen MR) is 105 cm³/mol. The van der Waals surface area contributed by atoms with Gasteiger partial charge >= 0.3 is 6.03 Å². The molecule has 3 rings (SSSR count). The lowest BCUT2D eigenvalue weighted by atomic mass is 9.90. The Labute approximate surface area is 169 Å². The van der Waals surface area contributed by atoms with Gasteiger partial charge in [0.2, 0.25) is 5.91 Å². The van der Waals surface area contributed by atoms with E-state index in [1.165, 1.54) is 4.90 Å². The summed E-state index contributed by atoms with van der Waals surface area (Å²) in [6, 6.07) is 6.50. The van der Waals surface area contributed by atoms with E-state index in [1.54, 1.807) is 31.3 Å². The zero-order valence-electron chi connectivity index (χ0n) is 16.1. The standard InChI is InChI=1S/C20H26ClN3O4/c1-23(12-13-28-16-8-6-15(21)7-9-16)17(25)14-24-18(26)20(22-19(24)27)10-4-2-3-5-11-20/h6-9H,2-5,10-14H2,1H3,(H,22,27). The van der Waals surface area contributed by atoms with Crippen molar-refractivity contribution in [3.63, 3.8) is 0 Å². The van der Waals surface area contributed by atoms with Crippen molar-refractivity contribution in [2.45, 2.75) is 44.1 Å². The molecule has 0 atom stereocenters. The van der Waals surface area contributed by atoms with Gasteiger partial charge in [-0.05, 0) is 37.1 Å². The average Bonchev–Trinajstić information content (AvgIpc) is 2.84. The fourth-order valence-electron chi connectivity index (χ4n) is 3.70. The highest BCUT2D eigenvalue weighted by atomic mass is 35.5. The summed E-state index contributed by atoms with van der Waals surface area (Å²) < 4.78 is 5.59. The Kier molecular flexibility index (Phi) is 6.44. The van der Waals surface area contributed by atoms with Crippen molar-refractivity contribution in [3.8, 4) is 5.75 Å². The van der Waals surface area contributed by atoms with Crippen LogP contribution in [0.2, 0.25) is 5.02 Å². The van der Waals surface area contributed by atoms with Gasteiger partial charge in [-0.25, -0.2) is 4.79 Å². The number of nitrogens with zero attached hydrogens (tertiary/aromatic N) is 2. The second-order valence-corrected chi connectivity index (χ2v) is 7.87. The second kappa shape index (κ2) is 8.82. The molecule has 0 radical (unpaired) electrons. The smallest absolute Gasteiger partial charge is 0.325 e. The average molecular weight is 408 g/mol. The van der Waals surface area contributed by atoms with Crippen molar-refractivity contribution in [2.75, 3.05) is 26.7 Å². The zero-order chi connectivity index (χ0) is 20.1. The minimum Gasteiger partial charge on any atom is -0.492 e. The van der Waals surface area contributed by atoms with Crippen LogP contribution in [0.1, 0.15) is 38.5 Å². The van der Waals surface area contributed by atoms with E-state index in [0.29, 0.717) is 36.8 Å². The van der Waals surface area contributed by atoms with Crippen LogP contribution in [0.4, 0.5) is 4.79 Å². The number of halogens is 1. The van der Waals surface area contributed by atoms with Crippen LogP contribution in [0.5, 0.6) is 5.75 Å². The summed E-state index contributed by atoms with van der Waals surface area (Å²) in [5.41, 5.74) is -0.815. The normalized spacial score (nSPS) is 18.7. The van der Waals surface area contributed by atoms with Crippen LogP contribution < -0.4 is 10.1 Å². The molecule has 0 aromatic heterocycles. The number of amides is 4. The molecule has 1 heterocycles. The summed E-state index contributed by atoms with van der Waals surface area (Å²) in [6.45, 7) is 0.397. The van der Waals surface area contributed by atoms with E-state index in [1.807, 2.05) is 0 Å². The number of hydrogen-bond donors (Lipinski definition) is 1. The zero-order valence-corrected chi connectivity index (χ0v) is 16.8. The number of nitrogens with one attached hydrogen (secondary N) is 1. The highest BCUT2D eigenvalue weighted by Gasteiger charge is 2.51. The number of urea groups is 1. The van der Waals surface area contributed by atoms with Crippen LogP contribution in [0.15, 0.2) is 24.3 Å². The Morgan fingerprint density at radius 3 is 2.46 bits per heavy atom. The van der Waals surface area contributed by atoms with E-state index in [2.05, 4.69) is 5.32 Å². The number of imide groups is 1. The molecule has 0 unspecified atom stereocenters. The van der Waals surface area contributed by atoms with Crippen molar-refractivity contribution in [3.05, 3.63) is 29.3 Å². The molecular formula is C20H26ClN3O4. The number of hydrogen-bond acceptors (Lipinski definition) is 4. The van der Waals surface area contributed by atoms with Gasteiger partial charge in [0, 0.05) is 12.1 Å². The monoisotopic (exact) mass is 407 g/mol. The van der Waals surface area contributed by atoms with Crippen molar-refractivity contribution in [1.29, 1.82) is 0 Å². The molecule has 1 N–H and O–H groups in total. The molecule has 7 nitrogen and oxygen atoms in total. The lowest BCUT2D eigenvalue weighted by molar-refractivity contribution is -0.138. The maximum Gasteiger partial charge on any atom is 0.325 e. The van der Waals surface area contributed by atoms with Crippen LogP contribution in [-0.4, -0.2) is 59.9 Å². The van der Waals surface area contributed by atoms with Crippen LogP contribution in [-0.2, 0) is 9.59 Å². The third-order valence-electron chi connectivity index (χ3n) is 5.43. The van der Waals surface area contributed by atoms with Gasteiger partial charge in [-0.15, -0.1) is 0 Å². The molecule has 4 amide bonds. The number of rotatable bonds is 6. The van der Waals surface area contributed by atoms with E-state index in [0.717, 1.165) is 30.6 Å². The summed E-state index contributed by atoms with van der Waals surface area (Å²) in [5.74, 6) is 0.0992. The van der Waals surface area contributed by atoms with Gasteiger partial charge in [0.1, 0.15) is 24.4 Å². The summed E-state index contributed by atoms with van der Waals surface area (Å²) in [6.07, 6.45) is 5.26. The van der Waals surface area contributed by atoms with Gasteiger partial charge in [-0.2, -0.15) is 0 Å². The number of benzene rings is 1. The van der Waals surface area contributed by atoms with Gasteiger partial charge < -0.3 is 15.0 Å². The fraction of sp³-hybridized carbons (Fsp3) is 0.550. The summed E-state index contributed by atoms with van der Waals surface area (Å²) in [7, 11) is 1.63. The first-order chi connectivity index (χ1) is 13.4. The molecule has 1 aromatic rings. The van der Waals surface area contributed by atoms with Gasteiger partial charge in [0.25, 0.3) is 5.91 Å². The maximum absolute atomic E-state index is 12.9. The Balaban J connectivity index is 1.51. The minimum absolute atomic E-state index is 0.246. The molecule has 0 bridgehead atoms. The van der Waals surface area contributed by atoms with Crippen LogP contribution in [0.25, 0.3) is 0 Å². The molecule has 152 valence electrons. The molecule has 28 heavy (non-hydrogen) atoms. The topological polar surface area (TPSA) is 79.0 Å². The van der Waals surface area contributed by atoms with E-state index < -0.39 is 11.6 Å². The van der Waals surface area contributed by atoms with E-state index in [9.17, 15) is 14.4 Å². The lowest BCUT2D eigenvalue weighted by Gasteiger charge is -2.25. The van der Waals surface area contributed by atoms with Gasteiger partial charge in [0.05, 0.1) is 6.54 Å². The molecule has 1 aliphatic heterocycles. The second-order valence-electron chi connectivity index (χ2n) is 7.44. The first-order valence-electron chi connectivity index (χ1n) is 9.68. The first kappa shape index (κ1) is 20.5. The highest BCUT2D eigenvalue weighted by molar-refractivity contribution is 6.30. The molecule has 1 aliphatic carbocycles. The number of ether oxygens (including phenoxy) is 1. The Hall–Kier alpha value is -2.28. The summed E-state index contributed by atoms with van der Waals surface area (Å²) in [4.78, 5) is 40.2. The van der Waals surface area contributed by atoms with Gasteiger partial charge in [0.15, 0.2) is 0 Å². The third-order valence-corrected chi connectivity index (χ3v) is 5.68. The first-order valence-corrected chi connectivity index (χ1v) is 10.1. The fourth-order valence-corrected chi connectivity index (χ4v) is 3.83. The lowest BCUT2D eigenvalue weighted by Crippen LogP contribution is -2.47. The van der Waals surface area contributed by atoms with E-state index in [4.69, 9.17) is 16.3 Å².